The largest absolute Gasteiger partial charge is 0.347 e. The molecule has 26 heavy (non-hydrogen) atoms. The first kappa shape index (κ1) is 18.2. The van der Waals surface area contributed by atoms with Gasteiger partial charge in [-0.25, -0.2) is 19.4 Å². The third-order valence-electron chi connectivity index (χ3n) is 4.68. The summed E-state index contributed by atoms with van der Waals surface area (Å²) in [5.41, 5.74) is 0.255. The zero-order valence-corrected chi connectivity index (χ0v) is 15.3. The summed E-state index contributed by atoms with van der Waals surface area (Å²) in [6, 6.07) is 1.91. The van der Waals surface area contributed by atoms with Crippen molar-refractivity contribution in [1.82, 2.24) is 29.2 Å². The molecule has 2 aromatic rings. The van der Waals surface area contributed by atoms with Crippen LogP contribution in [0.15, 0.2) is 28.0 Å². The van der Waals surface area contributed by atoms with E-state index in [1.54, 1.807) is 6.20 Å². The molecule has 1 aliphatic heterocycles. The normalized spacial score (nSPS) is 15.4. The fraction of sp³-hybridized carbons (Fsp3) is 0.588. The van der Waals surface area contributed by atoms with Crippen molar-refractivity contribution in [1.29, 1.82) is 0 Å². The molecule has 0 atom stereocenters. The molecule has 9 heteroatoms. The van der Waals surface area contributed by atoms with Gasteiger partial charge in [-0.05, 0) is 32.4 Å². The Hall–Kier alpha value is -2.55. The van der Waals surface area contributed by atoms with E-state index >= 15 is 0 Å². The molecule has 0 amide bonds. The van der Waals surface area contributed by atoms with E-state index < -0.39 is 0 Å². The average Bonchev–Trinajstić information content (AvgIpc) is 2.65. The second-order valence-corrected chi connectivity index (χ2v) is 6.58. The third kappa shape index (κ3) is 4.34. The Balaban J connectivity index is 1.41. The van der Waals surface area contributed by atoms with Gasteiger partial charge < -0.3 is 4.90 Å². The molecule has 3 heterocycles. The van der Waals surface area contributed by atoms with Crippen LogP contribution >= 0.6 is 0 Å². The molecule has 9 nitrogen and oxygen atoms in total. The molecule has 1 aliphatic rings. The van der Waals surface area contributed by atoms with Gasteiger partial charge in [0.1, 0.15) is 6.20 Å². The molecule has 0 radical (unpaired) electrons. The standard InChI is InChI=1S/C17H25N7O2/c1-14-5-6-18-16(20-14)23-11-9-22(10-12-23)7-3-4-8-24-17(26)21(2)15(25)13-19-24/h5-6,13H,3-4,7-12H2,1-2H3. The second kappa shape index (κ2) is 8.22. The highest BCUT2D eigenvalue weighted by atomic mass is 16.2. The summed E-state index contributed by atoms with van der Waals surface area (Å²) in [6.07, 6.45) is 4.83. The number of nitrogens with zero attached hydrogens (tertiary/aromatic N) is 7. The van der Waals surface area contributed by atoms with Gasteiger partial charge in [0, 0.05) is 51.7 Å². The lowest BCUT2D eigenvalue weighted by molar-refractivity contribution is 0.249. The van der Waals surface area contributed by atoms with Gasteiger partial charge in [-0.1, -0.05) is 0 Å². The minimum Gasteiger partial charge on any atom is -0.338 e. The maximum atomic E-state index is 11.9. The van der Waals surface area contributed by atoms with Crippen molar-refractivity contribution in [2.24, 2.45) is 7.05 Å². The third-order valence-corrected chi connectivity index (χ3v) is 4.68. The Bertz CT molecular complexity index is 853. The number of anilines is 1. The number of unbranched alkanes of at least 4 members (excludes halogenated alkanes) is 1. The minimum absolute atomic E-state index is 0.357. The zero-order valence-electron chi connectivity index (χ0n) is 15.3. The van der Waals surface area contributed by atoms with Crippen LogP contribution in [0.3, 0.4) is 0 Å². The van der Waals surface area contributed by atoms with Crippen molar-refractivity contribution in [3.8, 4) is 0 Å². The van der Waals surface area contributed by atoms with Crippen LogP contribution in [0.4, 0.5) is 5.95 Å². The lowest BCUT2D eigenvalue weighted by atomic mass is 10.2. The van der Waals surface area contributed by atoms with Crippen LogP contribution in [0.25, 0.3) is 0 Å². The lowest BCUT2D eigenvalue weighted by Crippen LogP contribution is -2.47. The summed E-state index contributed by atoms with van der Waals surface area (Å²) in [6.45, 7) is 7.31. The van der Waals surface area contributed by atoms with E-state index in [-0.39, 0.29) is 11.2 Å². The van der Waals surface area contributed by atoms with Crippen LogP contribution in [-0.4, -0.2) is 61.9 Å². The van der Waals surface area contributed by atoms with Crippen LogP contribution in [0.2, 0.25) is 0 Å². The Morgan fingerprint density at radius 3 is 2.54 bits per heavy atom. The van der Waals surface area contributed by atoms with Crippen molar-refractivity contribution in [3.05, 3.63) is 45.0 Å². The molecule has 3 rings (SSSR count). The summed E-state index contributed by atoms with van der Waals surface area (Å²) in [5, 5.41) is 3.91. The highest BCUT2D eigenvalue weighted by molar-refractivity contribution is 5.30. The highest BCUT2D eigenvalue weighted by Gasteiger charge is 2.18. The first-order chi connectivity index (χ1) is 12.5. The Kier molecular flexibility index (Phi) is 5.77. The fourth-order valence-corrected chi connectivity index (χ4v) is 3.03. The Labute approximate surface area is 151 Å². The van der Waals surface area contributed by atoms with E-state index in [2.05, 4.69) is 24.9 Å². The molecule has 140 valence electrons. The highest BCUT2D eigenvalue weighted by Crippen LogP contribution is 2.11. The summed E-state index contributed by atoms with van der Waals surface area (Å²) >= 11 is 0. The lowest BCUT2D eigenvalue weighted by Gasteiger charge is -2.34. The molecule has 0 unspecified atom stereocenters. The smallest absolute Gasteiger partial charge is 0.338 e. The monoisotopic (exact) mass is 359 g/mol. The summed E-state index contributed by atoms with van der Waals surface area (Å²) in [5.74, 6) is 0.810. The number of aryl methyl sites for hydroxylation is 2. The summed E-state index contributed by atoms with van der Waals surface area (Å²) < 4.78 is 2.44. The molecule has 0 aromatic carbocycles. The van der Waals surface area contributed by atoms with Gasteiger partial charge in [0.2, 0.25) is 5.95 Å². The van der Waals surface area contributed by atoms with Gasteiger partial charge in [-0.15, -0.1) is 0 Å². The molecular formula is C17H25N7O2. The van der Waals surface area contributed by atoms with E-state index in [1.807, 2.05) is 13.0 Å². The molecule has 1 fully saturated rings. The van der Waals surface area contributed by atoms with Gasteiger partial charge in [0.05, 0.1) is 0 Å². The molecular weight excluding hydrogens is 334 g/mol. The number of piperazine rings is 1. The van der Waals surface area contributed by atoms with Gasteiger partial charge in [-0.3, -0.25) is 14.3 Å². The predicted octanol–water partition coefficient (Wildman–Crippen LogP) is -0.357. The van der Waals surface area contributed by atoms with E-state index in [0.29, 0.717) is 6.54 Å². The number of hydrogen-bond acceptors (Lipinski definition) is 7. The van der Waals surface area contributed by atoms with Gasteiger partial charge >= 0.3 is 5.69 Å². The van der Waals surface area contributed by atoms with Crippen molar-refractivity contribution >= 4 is 5.95 Å². The predicted molar refractivity (Wildman–Crippen MR) is 98.4 cm³/mol. The topological polar surface area (TPSA) is 89.2 Å². The zero-order chi connectivity index (χ0) is 18.5. The second-order valence-electron chi connectivity index (χ2n) is 6.58. The molecule has 0 spiro atoms. The SMILES string of the molecule is Cc1ccnc(N2CCN(CCCCn3ncc(=O)n(C)c3=O)CC2)n1. The molecule has 0 N–H and O–H groups in total. The van der Waals surface area contributed by atoms with Crippen molar-refractivity contribution < 1.29 is 0 Å². The summed E-state index contributed by atoms with van der Waals surface area (Å²) in [7, 11) is 1.47. The quantitative estimate of drug-likeness (QED) is 0.651. The fourth-order valence-electron chi connectivity index (χ4n) is 3.03. The van der Waals surface area contributed by atoms with Gasteiger partial charge in [0.25, 0.3) is 5.56 Å². The van der Waals surface area contributed by atoms with E-state index in [0.717, 1.165) is 61.8 Å². The first-order valence-corrected chi connectivity index (χ1v) is 8.95. The molecule has 0 saturated carbocycles. The molecule has 1 saturated heterocycles. The Morgan fingerprint density at radius 1 is 1.08 bits per heavy atom. The number of aromatic nitrogens is 5. The van der Waals surface area contributed by atoms with Crippen molar-refractivity contribution in [2.45, 2.75) is 26.3 Å². The van der Waals surface area contributed by atoms with Gasteiger partial charge in [-0.2, -0.15) is 5.10 Å². The molecule has 2 aromatic heterocycles. The van der Waals surface area contributed by atoms with E-state index in [4.69, 9.17) is 0 Å². The molecule has 0 bridgehead atoms. The number of hydrogen-bond donors (Lipinski definition) is 0. The van der Waals surface area contributed by atoms with Crippen LogP contribution in [-0.2, 0) is 13.6 Å². The minimum atomic E-state index is -0.373. The van der Waals surface area contributed by atoms with Crippen LogP contribution in [0.1, 0.15) is 18.5 Å². The number of rotatable bonds is 6. The van der Waals surface area contributed by atoms with E-state index in [1.165, 1.54) is 17.9 Å². The van der Waals surface area contributed by atoms with Crippen LogP contribution in [0, 0.1) is 6.92 Å². The van der Waals surface area contributed by atoms with Crippen LogP contribution < -0.4 is 16.1 Å². The maximum Gasteiger partial charge on any atom is 0.347 e. The summed E-state index contributed by atoms with van der Waals surface area (Å²) in [4.78, 5) is 36.7. The average molecular weight is 359 g/mol. The molecule has 0 aliphatic carbocycles. The van der Waals surface area contributed by atoms with Gasteiger partial charge in [0.15, 0.2) is 0 Å². The maximum absolute atomic E-state index is 11.9. The van der Waals surface area contributed by atoms with Crippen molar-refractivity contribution in [2.75, 3.05) is 37.6 Å². The Morgan fingerprint density at radius 2 is 1.81 bits per heavy atom. The van der Waals surface area contributed by atoms with Crippen LogP contribution in [0.5, 0.6) is 0 Å². The van der Waals surface area contributed by atoms with Crippen molar-refractivity contribution in [3.63, 3.8) is 0 Å². The van der Waals surface area contributed by atoms with E-state index in [9.17, 15) is 9.59 Å². The first-order valence-electron chi connectivity index (χ1n) is 8.95.